The predicted octanol–water partition coefficient (Wildman–Crippen LogP) is 0.397. The first-order valence-electron chi connectivity index (χ1n) is 2.07. The van der Waals surface area contributed by atoms with Gasteiger partial charge in [0.15, 0.2) is 0 Å². The summed E-state index contributed by atoms with van der Waals surface area (Å²) in [5.74, 6) is 0.0370. The molecule has 0 saturated carbocycles. The molecule has 1 heterocycles. The van der Waals surface area contributed by atoms with Crippen molar-refractivity contribution in [1.82, 2.24) is 15.0 Å². The van der Waals surface area contributed by atoms with Crippen molar-refractivity contribution in [2.24, 2.45) is 0 Å². The van der Waals surface area contributed by atoms with Crippen LogP contribution in [0.3, 0.4) is 0 Å². The van der Waals surface area contributed by atoms with Gasteiger partial charge < -0.3 is 0 Å². The van der Waals surface area contributed by atoms with E-state index in [0.29, 0.717) is 0 Å². The lowest BCUT2D eigenvalue weighted by Gasteiger charge is -1.84. The highest BCUT2D eigenvalue weighted by atomic mass is 35.5. The molecule has 0 saturated heterocycles. The first-order chi connectivity index (χ1) is 4.33. The highest BCUT2D eigenvalue weighted by Gasteiger charge is 1.92. The highest BCUT2D eigenvalue weighted by molar-refractivity contribution is 6.28. The second kappa shape index (κ2) is 2.37. The minimum Gasteiger partial charge on any atom is -0.207 e. The molecule has 1 rings (SSSR count). The lowest BCUT2D eigenvalue weighted by molar-refractivity contribution is 1.01. The number of rotatable bonds is 0. The van der Waals surface area contributed by atoms with Gasteiger partial charge in [-0.1, -0.05) is 0 Å². The van der Waals surface area contributed by atoms with Gasteiger partial charge >= 0.3 is 0 Å². The van der Waals surface area contributed by atoms with Crippen molar-refractivity contribution >= 4 is 11.6 Å². The molecule has 0 aromatic carbocycles. The van der Waals surface area contributed by atoms with Gasteiger partial charge in [-0.05, 0) is 11.6 Å². The Morgan fingerprint density at radius 3 is 2.78 bits per heavy atom. The Labute approximate surface area is 56.2 Å². The average molecular weight is 141 g/mol. The minimum atomic E-state index is 0.0370. The van der Waals surface area contributed by atoms with Crippen LogP contribution >= 0.6 is 11.6 Å². The number of nitriles is 1. The summed E-state index contributed by atoms with van der Waals surface area (Å²) in [7, 11) is 0. The third kappa shape index (κ3) is 1.34. The van der Waals surface area contributed by atoms with Crippen LogP contribution in [0, 0.1) is 11.3 Å². The molecule has 0 radical (unpaired) electrons. The van der Waals surface area contributed by atoms with Gasteiger partial charge in [-0.2, -0.15) is 10.2 Å². The quantitative estimate of drug-likeness (QED) is 0.523. The summed E-state index contributed by atoms with van der Waals surface area (Å²) in [5.41, 5.74) is 0. The third-order valence-electron chi connectivity index (χ3n) is 0.642. The van der Waals surface area contributed by atoms with Crippen molar-refractivity contribution in [3.63, 3.8) is 0 Å². The molecular weight excluding hydrogens is 140 g/mol. The monoisotopic (exact) mass is 140 g/mol. The molecule has 0 aliphatic carbocycles. The molecule has 0 spiro atoms. The van der Waals surface area contributed by atoms with Crippen molar-refractivity contribution in [3.05, 3.63) is 17.4 Å². The molecule has 0 unspecified atom stereocenters. The highest BCUT2D eigenvalue weighted by Crippen LogP contribution is 1.94. The Hall–Kier alpha value is -1.21. The zero-order chi connectivity index (χ0) is 6.69. The molecule has 4 nitrogen and oxygen atoms in total. The van der Waals surface area contributed by atoms with Gasteiger partial charge in [0, 0.05) is 0 Å². The van der Waals surface area contributed by atoms with E-state index in [1.165, 1.54) is 6.33 Å². The molecular formula is C4HClN4. The zero-order valence-corrected chi connectivity index (χ0v) is 5.00. The summed E-state index contributed by atoms with van der Waals surface area (Å²) in [6.07, 6.45) is 1.19. The smallest absolute Gasteiger partial charge is 0.207 e. The van der Waals surface area contributed by atoms with Gasteiger partial charge in [-0.25, -0.2) is 9.97 Å². The van der Waals surface area contributed by atoms with Crippen LogP contribution in [0.4, 0.5) is 0 Å². The van der Waals surface area contributed by atoms with Crippen LogP contribution in [0.5, 0.6) is 0 Å². The van der Waals surface area contributed by atoms with E-state index in [0.717, 1.165) is 0 Å². The van der Waals surface area contributed by atoms with E-state index in [9.17, 15) is 0 Å². The first-order valence-corrected chi connectivity index (χ1v) is 2.45. The van der Waals surface area contributed by atoms with Crippen molar-refractivity contribution in [1.29, 1.82) is 5.26 Å². The molecule has 0 fully saturated rings. The van der Waals surface area contributed by atoms with Gasteiger partial charge in [-0.3, -0.25) is 0 Å². The summed E-state index contributed by atoms with van der Waals surface area (Å²) < 4.78 is 0. The number of nitrogens with zero attached hydrogens (tertiary/aromatic N) is 4. The Bertz CT molecular complexity index is 253. The van der Waals surface area contributed by atoms with E-state index >= 15 is 0 Å². The Kier molecular flexibility index (Phi) is 1.56. The standard InChI is InChI=1S/C4HClN4/c5-4-8-2-7-3(1-6)9-4/h2H. The van der Waals surface area contributed by atoms with Crippen LogP contribution in [0.15, 0.2) is 6.33 Å². The van der Waals surface area contributed by atoms with Crippen molar-refractivity contribution in [2.75, 3.05) is 0 Å². The lowest BCUT2D eigenvalue weighted by Crippen LogP contribution is -1.89. The molecule has 0 aliphatic rings. The Balaban J connectivity index is 3.12. The number of halogens is 1. The molecule has 9 heavy (non-hydrogen) atoms. The van der Waals surface area contributed by atoms with E-state index in [1.807, 2.05) is 0 Å². The van der Waals surface area contributed by atoms with Crippen LogP contribution in [0.1, 0.15) is 5.82 Å². The maximum absolute atomic E-state index is 8.20. The summed E-state index contributed by atoms with van der Waals surface area (Å²) >= 11 is 5.31. The molecule has 1 aromatic rings. The second-order valence-corrected chi connectivity index (χ2v) is 1.53. The van der Waals surface area contributed by atoms with Crippen LogP contribution in [-0.4, -0.2) is 15.0 Å². The first kappa shape index (κ1) is 5.92. The summed E-state index contributed by atoms with van der Waals surface area (Å²) in [6.45, 7) is 0. The molecule has 0 aliphatic heterocycles. The fourth-order valence-electron chi connectivity index (χ4n) is 0.330. The fourth-order valence-corrected chi connectivity index (χ4v) is 0.454. The summed E-state index contributed by atoms with van der Waals surface area (Å²) in [6, 6.07) is 1.72. The predicted molar refractivity (Wildman–Crippen MR) is 29.6 cm³/mol. The second-order valence-electron chi connectivity index (χ2n) is 1.19. The lowest BCUT2D eigenvalue weighted by atomic mass is 10.7. The van der Waals surface area contributed by atoms with Gasteiger partial charge in [0.05, 0.1) is 0 Å². The van der Waals surface area contributed by atoms with Gasteiger partial charge in [-0.15, -0.1) is 0 Å². The van der Waals surface area contributed by atoms with Gasteiger partial charge in [0.2, 0.25) is 11.1 Å². The zero-order valence-electron chi connectivity index (χ0n) is 4.24. The van der Waals surface area contributed by atoms with Crippen LogP contribution in [-0.2, 0) is 0 Å². The Morgan fingerprint density at radius 1 is 1.56 bits per heavy atom. The normalized spacial score (nSPS) is 8.44. The third-order valence-corrected chi connectivity index (χ3v) is 0.825. The SMILES string of the molecule is N#Cc1ncnc(Cl)n1. The van der Waals surface area contributed by atoms with Crippen LogP contribution in [0.25, 0.3) is 0 Å². The number of hydrogen-bond acceptors (Lipinski definition) is 4. The van der Waals surface area contributed by atoms with E-state index in [2.05, 4.69) is 15.0 Å². The van der Waals surface area contributed by atoms with E-state index in [4.69, 9.17) is 16.9 Å². The maximum atomic E-state index is 8.20. The fraction of sp³-hybridized carbons (Fsp3) is 0. The van der Waals surface area contributed by atoms with E-state index in [-0.39, 0.29) is 11.1 Å². The van der Waals surface area contributed by atoms with E-state index in [1.54, 1.807) is 6.07 Å². The van der Waals surface area contributed by atoms with Crippen molar-refractivity contribution in [3.8, 4) is 6.07 Å². The van der Waals surface area contributed by atoms with Crippen molar-refractivity contribution in [2.45, 2.75) is 0 Å². The van der Waals surface area contributed by atoms with Gasteiger partial charge in [0.1, 0.15) is 12.4 Å². The van der Waals surface area contributed by atoms with E-state index < -0.39 is 0 Å². The molecule has 44 valence electrons. The number of hydrogen-bond donors (Lipinski definition) is 0. The minimum absolute atomic E-state index is 0.0370. The average Bonchev–Trinajstić information content (AvgIpc) is 1.88. The number of aromatic nitrogens is 3. The molecule has 0 atom stereocenters. The molecule has 0 N–H and O–H groups in total. The molecule has 5 heteroatoms. The molecule has 1 aromatic heterocycles. The maximum Gasteiger partial charge on any atom is 0.236 e. The largest absolute Gasteiger partial charge is 0.236 e. The topological polar surface area (TPSA) is 62.5 Å². The van der Waals surface area contributed by atoms with Gasteiger partial charge in [0.25, 0.3) is 0 Å². The van der Waals surface area contributed by atoms with Crippen molar-refractivity contribution < 1.29 is 0 Å². The van der Waals surface area contributed by atoms with Crippen LogP contribution < -0.4 is 0 Å². The van der Waals surface area contributed by atoms with Crippen LogP contribution in [0.2, 0.25) is 5.28 Å². The Morgan fingerprint density at radius 2 is 2.33 bits per heavy atom. The summed E-state index contributed by atoms with van der Waals surface area (Å²) in [5, 5.41) is 8.24. The molecule has 0 bridgehead atoms. The molecule has 0 amide bonds. The summed E-state index contributed by atoms with van der Waals surface area (Å²) in [4.78, 5) is 10.4.